The largest absolute Gasteiger partial charge is 0.493 e. The van der Waals surface area contributed by atoms with E-state index in [1.54, 1.807) is 28.4 Å². The first-order chi connectivity index (χ1) is 14.8. The Morgan fingerprint density at radius 3 is 2.06 bits per heavy atom. The highest BCUT2D eigenvalue weighted by Crippen LogP contribution is 2.40. The number of ether oxygens (including phenoxy) is 5. The van der Waals surface area contributed by atoms with Gasteiger partial charge in [0.15, 0.2) is 23.0 Å². The SMILES string of the molecule is COc1cc(C(C)NC(=O)CCc2ccc(OC)c(OC)c2OC)ccc1OC(C)C. The van der Waals surface area contributed by atoms with Crippen LogP contribution in [-0.2, 0) is 11.2 Å². The second-order valence-electron chi connectivity index (χ2n) is 7.36. The zero-order valence-corrected chi connectivity index (χ0v) is 19.4. The number of benzene rings is 2. The topological polar surface area (TPSA) is 75.3 Å². The van der Waals surface area contributed by atoms with E-state index in [0.717, 1.165) is 11.1 Å². The molecule has 1 atom stereocenters. The first kappa shape index (κ1) is 24.2. The number of carbonyl (C=O) groups excluding carboxylic acids is 1. The number of nitrogens with one attached hydrogen (secondary N) is 1. The molecule has 7 heteroatoms. The van der Waals surface area contributed by atoms with E-state index >= 15 is 0 Å². The summed E-state index contributed by atoms with van der Waals surface area (Å²) in [4.78, 5) is 12.6. The second kappa shape index (κ2) is 11.3. The molecular weight excluding hydrogens is 398 g/mol. The normalized spacial score (nSPS) is 11.6. The summed E-state index contributed by atoms with van der Waals surface area (Å²) in [6, 6.07) is 9.20. The van der Waals surface area contributed by atoms with E-state index < -0.39 is 0 Å². The molecule has 1 unspecified atom stereocenters. The Bertz CT molecular complexity index is 881. The van der Waals surface area contributed by atoms with E-state index in [4.69, 9.17) is 23.7 Å². The molecule has 31 heavy (non-hydrogen) atoms. The van der Waals surface area contributed by atoms with Gasteiger partial charge in [-0.1, -0.05) is 12.1 Å². The van der Waals surface area contributed by atoms with Crippen LogP contribution < -0.4 is 29.0 Å². The van der Waals surface area contributed by atoms with Crippen molar-refractivity contribution in [1.82, 2.24) is 5.32 Å². The Morgan fingerprint density at radius 1 is 0.839 bits per heavy atom. The summed E-state index contributed by atoms with van der Waals surface area (Å²) in [5.41, 5.74) is 1.81. The van der Waals surface area contributed by atoms with Crippen LogP contribution in [0.3, 0.4) is 0 Å². The lowest BCUT2D eigenvalue weighted by Crippen LogP contribution is -2.26. The Labute approximate surface area is 184 Å². The van der Waals surface area contributed by atoms with Gasteiger partial charge in [0.1, 0.15) is 0 Å². The Hall–Kier alpha value is -3.09. The molecule has 1 amide bonds. The molecule has 2 aromatic rings. The van der Waals surface area contributed by atoms with Gasteiger partial charge < -0.3 is 29.0 Å². The Kier molecular flexibility index (Phi) is 8.85. The average Bonchev–Trinajstić information content (AvgIpc) is 2.76. The van der Waals surface area contributed by atoms with Crippen LogP contribution in [0.5, 0.6) is 28.7 Å². The third-order valence-corrected chi connectivity index (χ3v) is 4.83. The van der Waals surface area contributed by atoms with Crippen molar-refractivity contribution >= 4 is 5.91 Å². The molecule has 0 aromatic heterocycles. The van der Waals surface area contributed by atoms with Gasteiger partial charge in [-0.15, -0.1) is 0 Å². The van der Waals surface area contributed by atoms with Crippen LogP contribution >= 0.6 is 0 Å². The molecule has 2 aromatic carbocycles. The summed E-state index contributed by atoms with van der Waals surface area (Å²) in [6.07, 6.45) is 0.861. The smallest absolute Gasteiger partial charge is 0.220 e. The Morgan fingerprint density at radius 2 is 1.48 bits per heavy atom. The van der Waals surface area contributed by atoms with Crippen LogP contribution in [-0.4, -0.2) is 40.5 Å². The van der Waals surface area contributed by atoms with Crippen molar-refractivity contribution in [3.63, 3.8) is 0 Å². The number of methoxy groups -OCH3 is 4. The average molecular weight is 432 g/mol. The third-order valence-electron chi connectivity index (χ3n) is 4.83. The van der Waals surface area contributed by atoms with Gasteiger partial charge in [-0.3, -0.25) is 4.79 Å². The van der Waals surface area contributed by atoms with E-state index in [0.29, 0.717) is 41.6 Å². The minimum atomic E-state index is -0.179. The highest BCUT2D eigenvalue weighted by molar-refractivity contribution is 5.77. The van der Waals surface area contributed by atoms with Crippen LogP contribution in [0.15, 0.2) is 30.3 Å². The van der Waals surface area contributed by atoms with Crippen molar-refractivity contribution in [3.8, 4) is 28.7 Å². The molecule has 0 bridgehead atoms. The predicted octanol–water partition coefficient (Wildman–Crippen LogP) is 4.32. The van der Waals surface area contributed by atoms with Crippen LogP contribution in [0, 0.1) is 0 Å². The van der Waals surface area contributed by atoms with Gasteiger partial charge in [0, 0.05) is 6.42 Å². The number of amides is 1. The number of rotatable bonds is 11. The third kappa shape index (κ3) is 6.20. The van der Waals surface area contributed by atoms with Gasteiger partial charge >= 0.3 is 0 Å². The van der Waals surface area contributed by atoms with Gasteiger partial charge in [-0.25, -0.2) is 0 Å². The summed E-state index contributed by atoms with van der Waals surface area (Å²) >= 11 is 0. The fourth-order valence-corrected chi connectivity index (χ4v) is 3.31. The molecule has 0 saturated carbocycles. The lowest BCUT2D eigenvalue weighted by atomic mass is 10.1. The molecular formula is C24H33NO6. The first-order valence-electron chi connectivity index (χ1n) is 10.3. The maximum absolute atomic E-state index is 12.6. The fraction of sp³-hybridized carbons (Fsp3) is 0.458. The van der Waals surface area contributed by atoms with E-state index in [-0.39, 0.29) is 18.1 Å². The molecule has 1 N–H and O–H groups in total. The van der Waals surface area contributed by atoms with Crippen LogP contribution in [0.25, 0.3) is 0 Å². The molecule has 0 spiro atoms. The summed E-state index contributed by atoms with van der Waals surface area (Å²) in [5.74, 6) is 2.94. The lowest BCUT2D eigenvalue weighted by Gasteiger charge is -2.19. The minimum Gasteiger partial charge on any atom is -0.493 e. The molecule has 0 fully saturated rings. The highest BCUT2D eigenvalue weighted by atomic mass is 16.5. The van der Waals surface area contributed by atoms with Crippen molar-refractivity contribution in [2.75, 3.05) is 28.4 Å². The molecule has 2 rings (SSSR count). The van der Waals surface area contributed by atoms with Crippen molar-refractivity contribution < 1.29 is 28.5 Å². The molecule has 0 aliphatic rings. The van der Waals surface area contributed by atoms with Crippen molar-refractivity contribution in [3.05, 3.63) is 41.5 Å². The monoisotopic (exact) mass is 431 g/mol. The zero-order chi connectivity index (χ0) is 23.0. The van der Waals surface area contributed by atoms with Crippen LogP contribution in [0.2, 0.25) is 0 Å². The van der Waals surface area contributed by atoms with Crippen molar-refractivity contribution in [1.29, 1.82) is 0 Å². The summed E-state index contributed by atoms with van der Waals surface area (Å²) < 4.78 is 27.4. The maximum atomic E-state index is 12.6. The molecule has 7 nitrogen and oxygen atoms in total. The molecule has 0 heterocycles. The lowest BCUT2D eigenvalue weighted by molar-refractivity contribution is -0.121. The molecule has 170 valence electrons. The molecule has 0 radical (unpaired) electrons. The first-order valence-corrected chi connectivity index (χ1v) is 10.3. The second-order valence-corrected chi connectivity index (χ2v) is 7.36. The number of hydrogen-bond acceptors (Lipinski definition) is 6. The summed E-state index contributed by atoms with van der Waals surface area (Å²) in [5, 5.41) is 3.03. The van der Waals surface area contributed by atoms with Gasteiger partial charge in [0.25, 0.3) is 0 Å². The van der Waals surface area contributed by atoms with E-state index in [1.807, 2.05) is 51.1 Å². The van der Waals surface area contributed by atoms with Crippen molar-refractivity contribution in [2.24, 2.45) is 0 Å². The van der Waals surface area contributed by atoms with Crippen LogP contribution in [0.4, 0.5) is 0 Å². The number of hydrogen-bond donors (Lipinski definition) is 1. The Balaban J connectivity index is 2.05. The van der Waals surface area contributed by atoms with E-state index in [9.17, 15) is 4.79 Å². The summed E-state index contributed by atoms with van der Waals surface area (Å²) in [6.45, 7) is 5.86. The predicted molar refractivity (Wildman–Crippen MR) is 120 cm³/mol. The summed E-state index contributed by atoms with van der Waals surface area (Å²) in [7, 11) is 6.31. The van der Waals surface area contributed by atoms with E-state index in [1.165, 1.54) is 0 Å². The number of carbonyl (C=O) groups is 1. The maximum Gasteiger partial charge on any atom is 0.220 e. The number of aryl methyl sites for hydroxylation is 1. The van der Waals surface area contributed by atoms with Crippen LogP contribution in [0.1, 0.15) is 44.4 Å². The zero-order valence-electron chi connectivity index (χ0n) is 19.4. The van der Waals surface area contributed by atoms with Crippen molar-refractivity contribution in [2.45, 2.75) is 45.8 Å². The molecule has 0 aliphatic heterocycles. The van der Waals surface area contributed by atoms with Gasteiger partial charge in [-0.2, -0.15) is 0 Å². The molecule has 0 aliphatic carbocycles. The van der Waals surface area contributed by atoms with E-state index in [2.05, 4.69) is 5.32 Å². The van der Waals surface area contributed by atoms with Gasteiger partial charge in [0.05, 0.1) is 40.6 Å². The highest BCUT2D eigenvalue weighted by Gasteiger charge is 2.18. The van der Waals surface area contributed by atoms with Gasteiger partial charge in [-0.05, 0) is 56.5 Å². The quantitative estimate of drug-likeness (QED) is 0.571. The standard InChI is InChI=1S/C24H33NO6/c1-15(2)31-19-11-9-18(14-21(19)28-5)16(3)25-22(26)13-10-17-8-12-20(27-4)24(30-7)23(17)29-6/h8-9,11-12,14-16H,10,13H2,1-7H3,(H,25,26). The fourth-order valence-electron chi connectivity index (χ4n) is 3.31. The molecule has 0 saturated heterocycles. The van der Waals surface area contributed by atoms with Gasteiger partial charge in [0.2, 0.25) is 11.7 Å². The minimum absolute atomic E-state index is 0.0467.